The second-order valence-corrected chi connectivity index (χ2v) is 6.86. The molecule has 0 fully saturated rings. The number of rotatable bonds is 11. The van der Waals surface area contributed by atoms with Gasteiger partial charge >= 0.3 is 0 Å². The van der Waals surface area contributed by atoms with Crippen LogP contribution in [0.3, 0.4) is 0 Å². The van der Waals surface area contributed by atoms with Crippen LogP contribution in [0.1, 0.15) is 22.3 Å². The standard InChI is InChI=1S/C15H17NO4S2/c17-8-7-16-15(20)11-22-21-10-14(19)6-5-12-1-3-13(9-18)4-2-12/h1-4,8-9H,5-7,10-11H2,(H,16,20). The zero-order valence-electron chi connectivity index (χ0n) is 11.9. The van der Waals surface area contributed by atoms with Crippen LogP contribution in [0.2, 0.25) is 0 Å². The first-order valence-corrected chi connectivity index (χ1v) is 9.15. The van der Waals surface area contributed by atoms with Crippen LogP contribution in [0, 0.1) is 0 Å². The highest BCUT2D eigenvalue weighted by atomic mass is 33.1. The Morgan fingerprint density at radius 3 is 2.36 bits per heavy atom. The Labute approximate surface area is 137 Å². The van der Waals surface area contributed by atoms with Crippen molar-refractivity contribution in [1.29, 1.82) is 0 Å². The molecule has 118 valence electrons. The Hall–Kier alpha value is -1.60. The molecule has 0 radical (unpaired) electrons. The summed E-state index contributed by atoms with van der Waals surface area (Å²) in [6.45, 7) is 0.0197. The third kappa shape index (κ3) is 7.99. The van der Waals surface area contributed by atoms with Crippen LogP contribution in [0.15, 0.2) is 24.3 Å². The fraction of sp³-hybridized carbons (Fsp3) is 0.333. The molecule has 22 heavy (non-hydrogen) atoms. The number of carbonyl (C=O) groups excluding carboxylic acids is 4. The van der Waals surface area contributed by atoms with Crippen molar-refractivity contribution in [3.05, 3.63) is 35.4 Å². The molecular formula is C15H17NO4S2. The number of ketones is 1. The predicted octanol–water partition coefficient (Wildman–Crippen LogP) is 1.70. The normalized spacial score (nSPS) is 10.0. The molecule has 0 unspecified atom stereocenters. The molecule has 0 saturated heterocycles. The quantitative estimate of drug-likeness (QED) is 0.375. The van der Waals surface area contributed by atoms with Gasteiger partial charge in [0.1, 0.15) is 18.4 Å². The van der Waals surface area contributed by atoms with E-state index in [0.29, 0.717) is 30.4 Å². The van der Waals surface area contributed by atoms with Crippen LogP contribution in [0.25, 0.3) is 0 Å². The SMILES string of the molecule is O=CCNC(=O)CSSCC(=O)CCc1ccc(C=O)cc1. The van der Waals surface area contributed by atoms with Gasteiger partial charge in [-0.2, -0.15) is 0 Å². The molecule has 0 heterocycles. The number of hydrogen-bond donors (Lipinski definition) is 1. The van der Waals surface area contributed by atoms with Crippen molar-refractivity contribution >= 4 is 45.9 Å². The second kappa shape index (κ2) is 11.0. The summed E-state index contributed by atoms with van der Waals surface area (Å²) >= 11 is 0. The summed E-state index contributed by atoms with van der Waals surface area (Å²) in [5.74, 6) is 0.467. The van der Waals surface area contributed by atoms with E-state index in [1.165, 1.54) is 21.6 Å². The number of benzene rings is 1. The fourth-order valence-corrected chi connectivity index (χ4v) is 3.39. The van der Waals surface area contributed by atoms with Gasteiger partial charge in [0.15, 0.2) is 0 Å². The molecule has 0 saturated carbocycles. The predicted molar refractivity (Wildman–Crippen MR) is 89.1 cm³/mol. The topological polar surface area (TPSA) is 80.3 Å². The lowest BCUT2D eigenvalue weighted by atomic mass is 10.1. The van der Waals surface area contributed by atoms with Crippen LogP contribution in [0.5, 0.6) is 0 Å². The minimum Gasteiger partial charge on any atom is -0.349 e. The van der Waals surface area contributed by atoms with Crippen molar-refractivity contribution in [2.24, 2.45) is 0 Å². The first-order valence-electron chi connectivity index (χ1n) is 6.66. The van der Waals surface area contributed by atoms with Gasteiger partial charge in [0.2, 0.25) is 5.91 Å². The summed E-state index contributed by atoms with van der Waals surface area (Å²) in [5.41, 5.74) is 1.64. The van der Waals surface area contributed by atoms with E-state index in [2.05, 4.69) is 5.32 Å². The van der Waals surface area contributed by atoms with Crippen molar-refractivity contribution in [3.63, 3.8) is 0 Å². The van der Waals surface area contributed by atoms with E-state index < -0.39 is 0 Å². The van der Waals surface area contributed by atoms with Crippen molar-refractivity contribution < 1.29 is 19.2 Å². The van der Waals surface area contributed by atoms with Crippen LogP contribution < -0.4 is 5.32 Å². The number of carbonyl (C=O) groups is 4. The summed E-state index contributed by atoms with van der Waals surface area (Å²) in [5, 5.41) is 2.43. The molecule has 1 rings (SSSR count). The highest BCUT2D eigenvalue weighted by molar-refractivity contribution is 8.77. The van der Waals surface area contributed by atoms with Crippen molar-refractivity contribution in [1.82, 2.24) is 5.32 Å². The summed E-state index contributed by atoms with van der Waals surface area (Å²) in [6.07, 6.45) is 2.49. The lowest BCUT2D eigenvalue weighted by Gasteiger charge is -2.03. The Bertz CT molecular complexity index is 517. The Morgan fingerprint density at radius 2 is 1.73 bits per heavy atom. The molecule has 0 bridgehead atoms. The van der Waals surface area contributed by atoms with Gasteiger partial charge in [0.05, 0.1) is 18.1 Å². The molecular weight excluding hydrogens is 322 g/mol. The van der Waals surface area contributed by atoms with Crippen molar-refractivity contribution in [3.8, 4) is 0 Å². The zero-order valence-corrected chi connectivity index (χ0v) is 13.6. The number of aldehydes is 2. The Morgan fingerprint density at radius 1 is 1.05 bits per heavy atom. The first kappa shape index (κ1) is 18.4. The Balaban J connectivity index is 2.14. The maximum absolute atomic E-state index is 11.7. The second-order valence-electron chi connectivity index (χ2n) is 4.39. The maximum Gasteiger partial charge on any atom is 0.231 e. The smallest absolute Gasteiger partial charge is 0.231 e. The van der Waals surface area contributed by atoms with Gasteiger partial charge in [-0.3, -0.25) is 14.4 Å². The molecule has 1 aromatic rings. The van der Waals surface area contributed by atoms with E-state index in [1.807, 2.05) is 12.1 Å². The van der Waals surface area contributed by atoms with Gasteiger partial charge in [0, 0.05) is 12.0 Å². The summed E-state index contributed by atoms with van der Waals surface area (Å²) in [4.78, 5) is 43.5. The molecule has 0 spiro atoms. The van der Waals surface area contributed by atoms with Crippen LogP contribution >= 0.6 is 21.6 Å². The minimum absolute atomic E-state index is 0.0197. The summed E-state index contributed by atoms with van der Waals surface area (Å²) in [6, 6.07) is 7.15. The minimum atomic E-state index is -0.215. The average Bonchev–Trinajstić information content (AvgIpc) is 2.55. The van der Waals surface area contributed by atoms with E-state index in [9.17, 15) is 19.2 Å². The van der Waals surface area contributed by atoms with Crippen LogP contribution in [-0.4, -0.2) is 42.3 Å². The van der Waals surface area contributed by atoms with E-state index >= 15 is 0 Å². The number of nitrogens with one attached hydrogen (secondary N) is 1. The summed E-state index contributed by atoms with van der Waals surface area (Å²) < 4.78 is 0. The van der Waals surface area contributed by atoms with E-state index in [-0.39, 0.29) is 24.0 Å². The van der Waals surface area contributed by atoms with Crippen LogP contribution in [0.4, 0.5) is 0 Å². The van der Waals surface area contributed by atoms with E-state index in [0.717, 1.165) is 11.8 Å². The van der Waals surface area contributed by atoms with Crippen molar-refractivity contribution in [2.45, 2.75) is 12.8 Å². The van der Waals surface area contributed by atoms with Gasteiger partial charge < -0.3 is 10.1 Å². The van der Waals surface area contributed by atoms with E-state index in [1.54, 1.807) is 12.1 Å². The third-order valence-electron chi connectivity index (χ3n) is 2.68. The molecule has 7 heteroatoms. The Kier molecular flexibility index (Phi) is 9.25. The summed E-state index contributed by atoms with van der Waals surface area (Å²) in [7, 11) is 2.63. The molecule has 0 aliphatic carbocycles. The molecule has 1 aromatic carbocycles. The third-order valence-corrected chi connectivity index (χ3v) is 4.88. The fourth-order valence-electron chi connectivity index (χ4n) is 1.53. The monoisotopic (exact) mass is 339 g/mol. The van der Waals surface area contributed by atoms with Gasteiger partial charge in [0.25, 0.3) is 0 Å². The van der Waals surface area contributed by atoms with Gasteiger partial charge in [-0.05, 0) is 12.0 Å². The maximum atomic E-state index is 11.7. The van der Waals surface area contributed by atoms with E-state index in [4.69, 9.17) is 0 Å². The molecule has 0 aliphatic heterocycles. The first-order chi connectivity index (χ1) is 10.7. The molecule has 0 aromatic heterocycles. The molecule has 5 nitrogen and oxygen atoms in total. The van der Waals surface area contributed by atoms with Gasteiger partial charge in [-0.25, -0.2) is 0 Å². The lowest BCUT2D eigenvalue weighted by Crippen LogP contribution is -2.26. The molecule has 0 atom stereocenters. The van der Waals surface area contributed by atoms with Gasteiger partial charge in [-0.15, -0.1) is 0 Å². The lowest BCUT2D eigenvalue weighted by molar-refractivity contribution is -0.120. The average molecular weight is 339 g/mol. The molecule has 1 N–H and O–H groups in total. The molecule has 0 aliphatic rings. The zero-order chi connectivity index (χ0) is 16.2. The molecule has 1 amide bonds. The van der Waals surface area contributed by atoms with Gasteiger partial charge in [-0.1, -0.05) is 45.9 Å². The highest BCUT2D eigenvalue weighted by Gasteiger charge is 2.06. The highest BCUT2D eigenvalue weighted by Crippen LogP contribution is 2.21. The number of Topliss-reactive ketones (excluding diaryl/α,β-unsaturated/α-hetero) is 1. The number of hydrogen-bond acceptors (Lipinski definition) is 6. The number of aryl methyl sites for hydroxylation is 1. The van der Waals surface area contributed by atoms with Crippen molar-refractivity contribution in [2.75, 3.05) is 18.1 Å². The largest absolute Gasteiger partial charge is 0.349 e. The van der Waals surface area contributed by atoms with Crippen LogP contribution in [-0.2, 0) is 20.8 Å². The number of amides is 1.